The number of aryl methyl sites for hydroxylation is 2. The molecule has 4 aliphatic rings. The summed E-state index contributed by atoms with van der Waals surface area (Å²) in [5.74, 6) is 0.182. The van der Waals surface area contributed by atoms with E-state index in [1.54, 1.807) is 11.9 Å². The zero-order valence-corrected chi connectivity index (χ0v) is 18.7. The van der Waals surface area contributed by atoms with Gasteiger partial charge in [0.2, 0.25) is 12.3 Å². The van der Waals surface area contributed by atoms with Gasteiger partial charge in [-0.2, -0.15) is 0 Å². The first-order chi connectivity index (χ1) is 14.7. The Bertz CT molecular complexity index is 800. The fraction of sp³-hybridized carbons (Fsp3) is 0.500. The van der Waals surface area contributed by atoms with Gasteiger partial charge in [-0.25, -0.2) is 0 Å². The molecule has 0 radical (unpaired) electrons. The van der Waals surface area contributed by atoms with Crippen molar-refractivity contribution in [2.45, 2.75) is 69.5 Å². The molecule has 0 spiro atoms. The second kappa shape index (κ2) is 11.4. The number of fused-ring (bicyclic) bond motifs is 2. The summed E-state index contributed by atoms with van der Waals surface area (Å²) in [5, 5.41) is 3.39. The second-order valence-electron chi connectivity index (χ2n) is 7.96. The molecule has 1 atom stereocenters. The van der Waals surface area contributed by atoms with Gasteiger partial charge in [0.25, 0.3) is 0 Å². The average Bonchev–Trinajstić information content (AvgIpc) is 3.52. The van der Waals surface area contributed by atoms with Crippen LogP contribution in [0.25, 0.3) is 0 Å². The molecule has 1 heterocycles. The zero-order chi connectivity index (χ0) is 21.3. The fourth-order valence-corrected chi connectivity index (χ4v) is 5.63. The van der Waals surface area contributed by atoms with Crippen molar-refractivity contribution in [1.29, 1.82) is 0 Å². The van der Waals surface area contributed by atoms with Crippen molar-refractivity contribution in [3.05, 3.63) is 52.1 Å². The summed E-state index contributed by atoms with van der Waals surface area (Å²) in [6.45, 7) is 0. The Labute approximate surface area is 184 Å². The van der Waals surface area contributed by atoms with Gasteiger partial charge < -0.3 is 11.1 Å². The standard InChI is InChI=1S/C13H15NO.C10H13NOS.CH5N/c15-8-14-13-11-5-1-3-9(11)7-10-4-2-6-12(10)13;12-10-7-9(13-11-10)6-8-4-2-1-3-5-8;1-2/h7-8H,1-6H2,(H,14,15);1-2,4,9H,3,5-7H2,(H,11,12);2H2,1H3. The average molecular weight is 428 g/mol. The molecular formula is C24H33N3O2S. The Morgan fingerprint density at radius 3 is 2.37 bits per heavy atom. The number of allylic oxidation sites excluding steroid dienone is 4. The molecule has 1 aromatic carbocycles. The van der Waals surface area contributed by atoms with Crippen LogP contribution in [0.2, 0.25) is 0 Å². The lowest BCUT2D eigenvalue weighted by atomic mass is 9.99. The highest BCUT2D eigenvalue weighted by molar-refractivity contribution is 7.99. The molecule has 3 aliphatic carbocycles. The van der Waals surface area contributed by atoms with Gasteiger partial charge in [-0.3, -0.25) is 14.3 Å². The minimum Gasteiger partial charge on any atom is -0.333 e. The Hall–Kier alpha value is -2.05. The SMILES string of the molecule is CN.O=C1CC(CC2=CC=CCC2)SN1.O=CNc1c2c(cc3c1CCC3)CCC2. The molecule has 162 valence electrons. The van der Waals surface area contributed by atoms with E-state index in [0.29, 0.717) is 11.7 Å². The second-order valence-corrected chi connectivity index (χ2v) is 9.07. The first-order valence-electron chi connectivity index (χ1n) is 11.0. The largest absolute Gasteiger partial charge is 0.333 e. The first-order valence-corrected chi connectivity index (χ1v) is 11.9. The minimum atomic E-state index is 0.182. The zero-order valence-electron chi connectivity index (χ0n) is 17.8. The van der Waals surface area contributed by atoms with Crippen molar-refractivity contribution >= 4 is 30.0 Å². The van der Waals surface area contributed by atoms with Crippen LogP contribution in [0.3, 0.4) is 0 Å². The molecule has 2 amide bonds. The van der Waals surface area contributed by atoms with Crippen LogP contribution in [0.4, 0.5) is 5.69 Å². The predicted molar refractivity (Wildman–Crippen MR) is 126 cm³/mol. The van der Waals surface area contributed by atoms with Crippen LogP contribution >= 0.6 is 11.9 Å². The highest BCUT2D eigenvalue weighted by Crippen LogP contribution is 2.38. The van der Waals surface area contributed by atoms with Crippen molar-refractivity contribution in [2.24, 2.45) is 5.73 Å². The molecule has 0 bridgehead atoms. The summed E-state index contributed by atoms with van der Waals surface area (Å²) in [6.07, 6.45) is 18.5. The van der Waals surface area contributed by atoms with Gasteiger partial charge in [0.05, 0.1) is 0 Å². The molecule has 1 aliphatic heterocycles. The van der Waals surface area contributed by atoms with E-state index in [9.17, 15) is 9.59 Å². The van der Waals surface area contributed by atoms with Crippen LogP contribution in [0.1, 0.15) is 60.8 Å². The summed E-state index contributed by atoms with van der Waals surface area (Å²) in [6, 6.07) is 2.38. The van der Waals surface area contributed by atoms with Gasteiger partial charge >= 0.3 is 0 Å². The number of nitrogens with two attached hydrogens (primary N) is 1. The number of rotatable bonds is 4. The van der Waals surface area contributed by atoms with Crippen LogP contribution in [0.15, 0.2) is 29.9 Å². The molecule has 0 saturated carbocycles. The summed E-state index contributed by atoms with van der Waals surface area (Å²) >= 11 is 1.58. The Balaban J connectivity index is 0.000000159. The van der Waals surface area contributed by atoms with Crippen molar-refractivity contribution in [3.63, 3.8) is 0 Å². The number of carbonyl (C=O) groups excluding carboxylic acids is 2. The molecule has 30 heavy (non-hydrogen) atoms. The summed E-state index contributed by atoms with van der Waals surface area (Å²) in [5.41, 5.74) is 12.9. The fourth-order valence-electron chi connectivity index (χ4n) is 4.72. The number of hydrogen-bond acceptors (Lipinski definition) is 4. The predicted octanol–water partition coefficient (Wildman–Crippen LogP) is 4.00. The molecule has 1 fully saturated rings. The molecule has 4 N–H and O–H groups in total. The molecule has 5 rings (SSSR count). The van der Waals surface area contributed by atoms with Crippen LogP contribution in [-0.2, 0) is 35.3 Å². The van der Waals surface area contributed by atoms with E-state index in [2.05, 4.69) is 40.1 Å². The number of amides is 2. The van der Waals surface area contributed by atoms with Crippen molar-refractivity contribution in [3.8, 4) is 0 Å². The topological polar surface area (TPSA) is 84.2 Å². The number of anilines is 1. The van der Waals surface area contributed by atoms with Gasteiger partial charge in [-0.15, -0.1) is 0 Å². The Morgan fingerprint density at radius 2 is 1.83 bits per heavy atom. The van der Waals surface area contributed by atoms with Crippen LogP contribution in [-0.4, -0.2) is 24.6 Å². The molecular weight excluding hydrogens is 394 g/mol. The maximum atomic E-state index is 10.9. The van der Waals surface area contributed by atoms with Gasteiger partial charge in [0.15, 0.2) is 0 Å². The van der Waals surface area contributed by atoms with Crippen LogP contribution in [0, 0.1) is 0 Å². The lowest BCUT2D eigenvalue weighted by Crippen LogP contribution is -2.05. The van der Waals surface area contributed by atoms with Gasteiger partial charge in [0.1, 0.15) is 0 Å². The smallest absolute Gasteiger partial charge is 0.231 e. The van der Waals surface area contributed by atoms with Crippen LogP contribution in [0.5, 0.6) is 0 Å². The number of benzene rings is 1. The maximum absolute atomic E-state index is 10.9. The third kappa shape index (κ3) is 5.55. The highest BCUT2D eigenvalue weighted by atomic mass is 32.2. The normalized spacial score (nSPS) is 20.7. The summed E-state index contributed by atoms with van der Waals surface area (Å²) in [4.78, 5) is 21.6. The minimum absolute atomic E-state index is 0.182. The van der Waals surface area contributed by atoms with Crippen LogP contribution < -0.4 is 15.8 Å². The maximum Gasteiger partial charge on any atom is 0.231 e. The Morgan fingerprint density at radius 1 is 1.13 bits per heavy atom. The van der Waals surface area contributed by atoms with Crippen molar-refractivity contribution in [2.75, 3.05) is 12.4 Å². The van der Waals surface area contributed by atoms with E-state index in [0.717, 1.165) is 37.8 Å². The molecule has 1 unspecified atom stereocenters. The Kier molecular flexibility index (Phi) is 8.58. The van der Waals surface area contributed by atoms with Gasteiger partial charge in [-0.1, -0.05) is 29.9 Å². The number of carbonyl (C=O) groups is 2. The molecule has 1 aromatic rings. The number of nitrogens with one attached hydrogen (secondary N) is 2. The third-order valence-electron chi connectivity index (χ3n) is 6.02. The quantitative estimate of drug-likeness (QED) is 0.501. The molecule has 5 nitrogen and oxygen atoms in total. The molecule has 0 aromatic heterocycles. The summed E-state index contributed by atoms with van der Waals surface area (Å²) < 4.78 is 2.79. The lowest BCUT2D eigenvalue weighted by Gasteiger charge is -2.13. The van der Waals surface area contributed by atoms with Crippen molar-refractivity contribution < 1.29 is 9.59 Å². The highest BCUT2D eigenvalue weighted by Gasteiger charge is 2.24. The third-order valence-corrected chi connectivity index (χ3v) is 7.03. The number of hydrogen-bond donors (Lipinski definition) is 3. The molecule has 1 saturated heterocycles. The van der Waals surface area contributed by atoms with E-state index < -0.39 is 0 Å². The molecule has 6 heteroatoms. The van der Waals surface area contributed by atoms with E-state index in [4.69, 9.17) is 0 Å². The van der Waals surface area contributed by atoms with E-state index in [1.165, 1.54) is 67.0 Å². The van der Waals surface area contributed by atoms with Crippen molar-refractivity contribution in [1.82, 2.24) is 4.72 Å². The van der Waals surface area contributed by atoms with E-state index >= 15 is 0 Å². The van der Waals surface area contributed by atoms with Gasteiger partial charge in [0, 0.05) is 17.4 Å². The summed E-state index contributed by atoms with van der Waals surface area (Å²) in [7, 11) is 1.50. The van der Waals surface area contributed by atoms with E-state index in [1.807, 2.05) is 0 Å². The monoisotopic (exact) mass is 427 g/mol. The van der Waals surface area contributed by atoms with Gasteiger partial charge in [-0.05, 0) is 99.0 Å². The van der Waals surface area contributed by atoms with E-state index in [-0.39, 0.29) is 5.91 Å². The first kappa shape index (κ1) is 22.6. The lowest BCUT2D eigenvalue weighted by molar-refractivity contribution is -0.118.